The standard InChI is InChI=1S/C21H23N5O2S/c1-4-28-19-12-8-7-11-18(19)26-21(22-23-24-26)29-15(3)20(27)25-14(2)13-16-9-5-6-10-17(16)25/h5-12,14-15H,4,13H2,1-3H3. The van der Waals surface area contributed by atoms with E-state index in [4.69, 9.17) is 4.74 Å². The van der Waals surface area contributed by atoms with Gasteiger partial charge in [-0.25, -0.2) is 0 Å². The monoisotopic (exact) mass is 409 g/mol. The number of carbonyl (C=O) groups is 1. The molecule has 1 aliphatic heterocycles. The van der Waals surface area contributed by atoms with Gasteiger partial charge in [-0.1, -0.05) is 42.1 Å². The summed E-state index contributed by atoms with van der Waals surface area (Å²) in [5.41, 5.74) is 2.96. The lowest BCUT2D eigenvalue weighted by Gasteiger charge is -2.25. The molecule has 0 fully saturated rings. The van der Waals surface area contributed by atoms with Crippen LogP contribution in [0.3, 0.4) is 0 Å². The Kier molecular flexibility index (Phi) is 5.53. The molecule has 3 aromatic rings. The molecule has 4 rings (SSSR count). The Morgan fingerprint density at radius 3 is 2.72 bits per heavy atom. The third-order valence-electron chi connectivity index (χ3n) is 4.91. The van der Waals surface area contributed by atoms with Crippen LogP contribution < -0.4 is 9.64 Å². The van der Waals surface area contributed by atoms with E-state index < -0.39 is 0 Å². The summed E-state index contributed by atoms with van der Waals surface area (Å²) in [4.78, 5) is 15.2. The molecule has 2 aromatic carbocycles. The third-order valence-corrected chi connectivity index (χ3v) is 5.93. The molecule has 0 radical (unpaired) electrons. The fraction of sp³-hybridized carbons (Fsp3) is 0.333. The van der Waals surface area contributed by atoms with Crippen molar-refractivity contribution in [2.75, 3.05) is 11.5 Å². The molecule has 2 heterocycles. The first kappa shape index (κ1) is 19.4. The Bertz CT molecular complexity index is 1020. The topological polar surface area (TPSA) is 73.1 Å². The number of rotatable bonds is 6. The molecule has 0 saturated heterocycles. The molecule has 1 aromatic heterocycles. The number of thioether (sulfide) groups is 1. The summed E-state index contributed by atoms with van der Waals surface area (Å²) in [5.74, 6) is 0.755. The number of anilines is 1. The van der Waals surface area contributed by atoms with Gasteiger partial charge in [0.2, 0.25) is 11.1 Å². The second kappa shape index (κ2) is 8.24. The Morgan fingerprint density at radius 2 is 1.93 bits per heavy atom. The SMILES string of the molecule is CCOc1ccccc1-n1nnnc1SC(C)C(=O)N1c2ccccc2CC1C. The van der Waals surface area contributed by atoms with Gasteiger partial charge in [0.1, 0.15) is 11.4 Å². The maximum absolute atomic E-state index is 13.3. The molecule has 2 atom stereocenters. The third kappa shape index (κ3) is 3.72. The molecule has 7 nitrogen and oxygen atoms in total. The van der Waals surface area contributed by atoms with Crippen molar-refractivity contribution in [2.24, 2.45) is 0 Å². The molecular formula is C21H23N5O2S. The number of carbonyl (C=O) groups excluding carboxylic acids is 1. The van der Waals surface area contributed by atoms with Gasteiger partial charge >= 0.3 is 0 Å². The highest BCUT2D eigenvalue weighted by Gasteiger charge is 2.34. The number of tetrazole rings is 1. The average Bonchev–Trinajstić information content (AvgIpc) is 3.31. The zero-order valence-corrected chi connectivity index (χ0v) is 17.5. The average molecular weight is 410 g/mol. The molecule has 8 heteroatoms. The van der Waals surface area contributed by atoms with Crippen molar-refractivity contribution >= 4 is 23.4 Å². The first-order valence-electron chi connectivity index (χ1n) is 9.68. The largest absolute Gasteiger partial charge is 0.492 e. The van der Waals surface area contributed by atoms with E-state index in [0.29, 0.717) is 17.5 Å². The van der Waals surface area contributed by atoms with Crippen molar-refractivity contribution < 1.29 is 9.53 Å². The summed E-state index contributed by atoms with van der Waals surface area (Å²) in [6.45, 7) is 6.45. The number of fused-ring (bicyclic) bond motifs is 1. The van der Waals surface area contributed by atoms with E-state index in [2.05, 4.69) is 28.5 Å². The maximum atomic E-state index is 13.3. The van der Waals surface area contributed by atoms with Gasteiger partial charge in [-0.15, -0.1) is 5.10 Å². The fourth-order valence-corrected chi connectivity index (χ4v) is 4.47. The van der Waals surface area contributed by atoms with E-state index in [9.17, 15) is 4.79 Å². The highest BCUT2D eigenvalue weighted by Crippen LogP contribution is 2.35. The van der Waals surface area contributed by atoms with Crippen LogP contribution in [0.15, 0.2) is 53.7 Å². The van der Waals surface area contributed by atoms with Crippen molar-refractivity contribution in [3.63, 3.8) is 0 Å². The van der Waals surface area contributed by atoms with Crippen LogP contribution in [0.2, 0.25) is 0 Å². The molecular weight excluding hydrogens is 386 g/mol. The Balaban J connectivity index is 1.57. The van der Waals surface area contributed by atoms with Gasteiger partial charge in [0.15, 0.2) is 0 Å². The van der Waals surface area contributed by atoms with Crippen LogP contribution in [0.1, 0.15) is 26.3 Å². The zero-order chi connectivity index (χ0) is 20.4. The summed E-state index contributed by atoms with van der Waals surface area (Å²) in [6.07, 6.45) is 0.874. The van der Waals surface area contributed by atoms with Crippen LogP contribution in [0.25, 0.3) is 5.69 Å². The van der Waals surface area contributed by atoms with Gasteiger partial charge in [-0.2, -0.15) is 4.68 Å². The van der Waals surface area contributed by atoms with E-state index in [0.717, 1.165) is 17.8 Å². The molecule has 0 spiro atoms. The van der Waals surface area contributed by atoms with Crippen LogP contribution >= 0.6 is 11.8 Å². The van der Waals surface area contributed by atoms with Gasteiger partial charge in [0, 0.05) is 11.7 Å². The van der Waals surface area contributed by atoms with Crippen LogP contribution in [0.5, 0.6) is 5.75 Å². The summed E-state index contributed by atoms with van der Waals surface area (Å²) in [6, 6.07) is 15.8. The van der Waals surface area contributed by atoms with Crippen LogP contribution in [-0.2, 0) is 11.2 Å². The smallest absolute Gasteiger partial charge is 0.240 e. The van der Waals surface area contributed by atoms with E-state index in [1.54, 1.807) is 4.68 Å². The predicted molar refractivity (Wildman–Crippen MR) is 113 cm³/mol. The second-order valence-electron chi connectivity index (χ2n) is 6.92. The summed E-state index contributed by atoms with van der Waals surface area (Å²) in [7, 11) is 0. The normalized spacial score (nSPS) is 16.5. The number of amides is 1. The van der Waals surface area contributed by atoms with Crippen molar-refractivity contribution in [3.8, 4) is 11.4 Å². The van der Waals surface area contributed by atoms with E-state index >= 15 is 0 Å². The van der Waals surface area contributed by atoms with Crippen LogP contribution in [-0.4, -0.2) is 44.0 Å². The summed E-state index contributed by atoms with van der Waals surface area (Å²) in [5, 5.41) is 12.3. The van der Waals surface area contributed by atoms with Gasteiger partial charge in [0.25, 0.3) is 0 Å². The van der Waals surface area contributed by atoms with Crippen LogP contribution in [0.4, 0.5) is 5.69 Å². The number of ether oxygens (including phenoxy) is 1. The van der Waals surface area contributed by atoms with Crippen molar-refractivity contribution in [1.29, 1.82) is 0 Å². The van der Waals surface area contributed by atoms with Gasteiger partial charge in [-0.3, -0.25) is 4.79 Å². The Hall–Kier alpha value is -2.87. The van der Waals surface area contributed by atoms with Gasteiger partial charge in [0.05, 0.1) is 11.9 Å². The molecule has 2 unspecified atom stereocenters. The molecule has 29 heavy (non-hydrogen) atoms. The van der Waals surface area contributed by atoms with E-state index in [1.807, 2.05) is 61.2 Å². The molecule has 150 valence electrons. The number of nitrogens with zero attached hydrogens (tertiary/aromatic N) is 5. The Morgan fingerprint density at radius 1 is 1.21 bits per heavy atom. The maximum Gasteiger partial charge on any atom is 0.240 e. The molecule has 0 aliphatic carbocycles. The minimum atomic E-state index is -0.340. The van der Waals surface area contributed by atoms with Crippen LogP contribution in [0, 0.1) is 0 Å². The number of hydrogen-bond acceptors (Lipinski definition) is 6. The lowest BCUT2D eigenvalue weighted by atomic mass is 10.1. The van der Waals surface area contributed by atoms with E-state index in [-0.39, 0.29) is 17.2 Å². The summed E-state index contributed by atoms with van der Waals surface area (Å²) >= 11 is 1.35. The number of benzene rings is 2. The van der Waals surface area contributed by atoms with Crippen molar-refractivity contribution in [3.05, 3.63) is 54.1 Å². The number of hydrogen-bond donors (Lipinski definition) is 0. The lowest BCUT2D eigenvalue weighted by Crippen LogP contribution is -2.40. The quantitative estimate of drug-likeness (QED) is 0.580. The fourth-order valence-electron chi connectivity index (χ4n) is 3.62. The molecule has 0 saturated carbocycles. The van der Waals surface area contributed by atoms with E-state index in [1.165, 1.54) is 17.3 Å². The Labute approximate surface area is 174 Å². The molecule has 0 bridgehead atoms. The highest BCUT2D eigenvalue weighted by atomic mass is 32.2. The molecule has 0 N–H and O–H groups in total. The minimum absolute atomic E-state index is 0.0556. The zero-order valence-electron chi connectivity index (χ0n) is 16.6. The number of aromatic nitrogens is 4. The molecule has 1 aliphatic rings. The highest BCUT2D eigenvalue weighted by molar-refractivity contribution is 8.00. The number of para-hydroxylation sites is 3. The first-order valence-corrected chi connectivity index (χ1v) is 10.6. The van der Waals surface area contributed by atoms with Crippen molar-refractivity contribution in [2.45, 2.75) is 43.6 Å². The lowest BCUT2D eigenvalue weighted by molar-refractivity contribution is -0.118. The van der Waals surface area contributed by atoms with Crippen molar-refractivity contribution in [1.82, 2.24) is 20.2 Å². The predicted octanol–water partition coefficient (Wildman–Crippen LogP) is 3.52. The van der Waals surface area contributed by atoms with Gasteiger partial charge in [-0.05, 0) is 61.4 Å². The summed E-state index contributed by atoms with van der Waals surface area (Å²) < 4.78 is 7.33. The molecule has 1 amide bonds. The first-order chi connectivity index (χ1) is 14.1. The second-order valence-corrected chi connectivity index (χ2v) is 8.23. The minimum Gasteiger partial charge on any atom is -0.492 e. The van der Waals surface area contributed by atoms with Gasteiger partial charge < -0.3 is 9.64 Å².